The van der Waals surface area contributed by atoms with Crippen molar-refractivity contribution >= 4 is 23.5 Å². The molecule has 12 heavy (non-hydrogen) atoms. The molecule has 1 atom stereocenters. The van der Waals surface area contributed by atoms with Gasteiger partial charge in [-0.3, -0.25) is 9.59 Å². The first-order chi connectivity index (χ1) is 5.37. The van der Waals surface area contributed by atoms with Gasteiger partial charge in [-0.15, -0.1) is 0 Å². The molecule has 0 fully saturated rings. The van der Waals surface area contributed by atoms with E-state index in [0.717, 1.165) is 0 Å². The minimum atomic E-state index is -2.60. The van der Waals surface area contributed by atoms with Crippen LogP contribution in [0.15, 0.2) is 0 Å². The van der Waals surface area contributed by atoms with E-state index in [4.69, 9.17) is 15.3 Å². The average molecular weight is 176 g/mol. The van der Waals surface area contributed by atoms with E-state index in [9.17, 15) is 19.2 Å². The van der Waals surface area contributed by atoms with E-state index in [0.29, 0.717) is 0 Å². The van der Waals surface area contributed by atoms with Crippen LogP contribution < -0.4 is 0 Å². The lowest BCUT2D eigenvalue weighted by Gasteiger charge is -1.98. The lowest BCUT2D eigenvalue weighted by atomic mass is 10.1. The number of carbonyl (C=O) groups excluding carboxylic acids is 2. The molecular weight excluding hydrogens is 172 g/mol. The molecule has 0 saturated heterocycles. The smallest absolute Gasteiger partial charge is 0.380 e. The number of aliphatic hydroxyl groups is 1. The second kappa shape index (κ2) is 3.58. The van der Waals surface area contributed by atoms with Crippen LogP contribution in [0.3, 0.4) is 0 Å². The summed E-state index contributed by atoms with van der Waals surface area (Å²) in [7, 11) is 0. The van der Waals surface area contributed by atoms with Crippen molar-refractivity contribution in [3.05, 3.63) is 0 Å². The summed E-state index contributed by atoms with van der Waals surface area (Å²) in [5.41, 5.74) is 0. The van der Waals surface area contributed by atoms with E-state index >= 15 is 0 Å². The Morgan fingerprint density at radius 2 is 1.42 bits per heavy atom. The Kier molecular flexibility index (Phi) is 3.05. The molecule has 0 aromatic rings. The van der Waals surface area contributed by atoms with Crippen LogP contribution in [0.2, 0.25) is 0 Å². The molecular formula is C5H4O7. The van der Waals surface area contributed by atoms with Gasteiger partial charge in [0.1, 0.15) is 0 Å². The molecule has 3 N–H and O–H groups in total. The maximum atomic E-state index is 10.4. The second-order valence-electron chi connectivity index (χ2n) is 1.74. The van der Waals surface area contributed by atoms with Gasteiger partial charge >= 0.3 is 17.7 Å². The van der Waals surface area contributed by atoms with Crippen LogP contribution in [0.25, 0.3) is 0 Å². The van der Waals surface area contributed by atoms with Gasteiger partial charge in [-0.1, -0.05) is 0 Å². The lowest BCUT2D eigenvalue weighted by Crippen LogP contribution is -2.38. The summed E-state index contributed by atoms with van der Waals surface area (Å²) in [6, 6.07) is 0. The Labute approximate surface area is 65.2 Å². The number of Topliss-reactive ketones (excluding diaryl/α,β-unsaturated/α-hetero) is 2. The normalized spacial score (nSPS) is 11.8. The summed E-state index contributed by atoms with van der Waals surface area (Å²) in [5.74, 6) is -7.88. The fourth-order valence-electron chi connectivity index (χ4n) is 0.342. The molecule has 0 aliphatic heterocycles. The van der Waals surface area contributed by atoms with Crippen molar-refractivity contribution in [1.29, 1.82) is 0 Å². The summed E-state index contributed by atoms with van der Waals surface area (Å²) in [5, 5.41) is 24.3. The maximum absolute atomic E-state index is 10.4. The van der Waals surface area contributed by atoms with Gasteiger partial charge in [0.05, 0.1) is 0 Å². The molecule has 0 spiro atoms. The second-order valence-corrected chi connectivity index (χ2v) is 1.74. The standard InChI is InChI=1S/C5H4O7/c6-1(2(7)4(9)10)3(8)5(11)12/h2,7H,(H,9,10)(H,11,12). The highest BCUT2D eigenvalue weighted by Gasteiger charge is 2.33. The molecule has 0 bridgehead atoms. The summed E-state index contributed by atoms with van der Waals surface area (Å²) >= 11 is 0. The Hall–Kier alpha value is -1.76. The third-order valence-electron chi connectivity index (χ3n) is 0.900. The Morgan fingerprint density at radius 1 is 1.00 bits per heavy atom. The third kappa shape index (κ3) is 2.13. The zero-order chi connectivity index (χ0) is 9.89. The maximum Gasteiger partial charge on any atom is 0.380 e. The molecule has 1 unspecified atom stereocenters. The highest BCUT2D eigenvalue weighted by Crippen LogP contribution is 1.88. The Balaban J connectivity index is 4.51. The van der Waals surface area contributed by atoms with Gasteiger partial charge in [-0.25, -0.2) is 9.59 Å². The van der Waals surface area contributed by atoms with Crippen LogP contribution in [0.4, 0.5) is 0 Å². The molecule has 0 saturated carbocycles. The largest absolute Gasteiger partial charge is 0.479 e. The van der Waals surface area contributed by atoms with Crippen molar-refractivity contribution in [3.8, 4) is 0 Å². The van der Waals surface area contributed by atoms with E-state index in [1.54, 1.807) is 0 Å². The predicted octanol–water partition coefficient (Wildman–Crippen LogP) is -2.35. The van der Waals surface area contributed by atoms with Crippen molar-refractivity contribution in [3.63, 3.8) is 0 Å². The summed E-state index contributed by atoms with van der Waals surface area (Å²) in [4.78, 5) is 40.2. The van der Waals surface area contributed by atoms with Gasteiger partial charge in [0.2, 0.25) is 11.9 Å². The van der Waals surface area contributed by atoms with Crippen LogP contribution >= 0.6 is 0 Å². The van der Waals surface area contributed by atoms with Crippen LogP contribution in [0.1, 0.15) is 0 Å². The molecule has 0 aromatic carbocycles. The first kappa shape index (κ1) is 10.2. The number of carbonyl (C=O) groups is 4. The van der Waals surface area contributed by atoms with E-state index in [-0.39, 0.29) is 0 Å². The van der Waals surface area contributed by atoms with Crippen molar-refractivity contribution < 1.29 is 34.5 Å². The minimum Gasteiger partial charge on any atom is -0.479 e. The number of hydrogen-bond donors (Lipinski definition) is 3. The molecule has 0 heterocycles. The highest BCUT2D eigenvalue weighted by atomic mass is 16.4. The van der Waals surface area contributed by atoms with Crippen molar-refractivity contribution in [2.75, 3.05) is 0 Å². The number of carboxylic acid groups (broad SMARTS) is 2. The molecule has 0 aliphatic rings. The minimum absolute atomic E-state index is 1.87. The Bertz CT molecular complexity index is 253. The fraction of sp³-hybridized carbons (Fsp3) is 0.200. The predicted molar refractivity (Wildman–Crippen MR) is 31.3 cm³/mol. The number of rotatable bonds is 4. The summed E-state index contributed by atoms with van der Waals surface area (Å²) in [6.45, 7) is 0. The van der Waals surface area contributed by atoms with E-state index in [1.165, 1.54) is 0 Å². The van der Waals surface area contributed by atoms with Crippen LogP contribution in [-0.2, 0) is 19.2 Å². The van der Waals surface area contributed by atoms with Crippen molar-refractivity contribution in [1.82, 2.24) is 0 Å². The molecule has 0 rings (SSSR count). The van der Waals surface area contributed by atoms with Crippen LogP contribution in [0, 0.1) is 0 Å². The molecule has 7 heteroatoms. The van der Waals surface area contributed by atoms with Gasteiger partial charge in [0.25, 0.3) is 0 Å². The number of carboxylic acids is 2. The highest BCUT2D eigenvalue weighted by molar-refractivity contribution is 6.63. The van der Waals surface area contributed by atoms with Gasteiger partial charge < -0.3 is 15.3 Å². The topological polar surface area (TPSA) is 129 Å². The fourth-order valence-corrected chi connectivity index (χ4v) is 0.342. The van der Waals surface area contributed by atoms with Crippen molar-refractivity contribution in [2.45, 2.75) is 6.10 Å². The molecule has 0 radical (unpaired) electrons. The lowest BCUT2D eigenvalue weighted by molar-refractivity contribution is -0.160. The SMILES string of the molecule is O=C(O)C(=O)C(=O)C(O)C(=O)O. The molecule has 0 aliphatic carbocycles. The zero-order valence-electron chi connectivity index (χ0n) is 5.55. The first-order valence-electron chi connectivity index (χ1n) is 2.60. The quantitative estimate of drug-likeness (QED) is 0.323. The molecule has 0 amide bonds. The monoisotopic (exact) mass is 176 g/mol. The van der Waals surface area contributed by atoms with Crippen LogP contribution in [-0.4, -0.2) is 44.9 Å². The number of ketones is 2. The van der Waals surface area contributed by atoms with Gasteiger partial charge in [-0.05, 0) is 0 Å². The number of aliphatic hydroxyl groups excluding tert-OH is 1. The van der Waals surface area contributed by atoms with E-state index < -0.39 is 29.6 Å². The Morgan fingerprint density at radius 3 is 1.67 bits per heavy atom. The average Bonchev–Trinajstić information content (AvgIpc) is 2.00. The van der Waals surface area contributed by atoms with Gasteiger partial charge in [0, 0.05) is 0 Å². The number of aliphatic carboxylic acids is 2. The molecule has 66 valence electrons. The van der Waals surface area contributed by atoms with Gasteiger partial charge in [0.15, 0.2) is 0 Å². The molecule has 0 aromatic heterocycles. The zero-order valence-corrected chi connectivity index (χ0v) is 5.55. The van der Waals surface area contributed by atoms with E-state index in [2.05, 4.69) is 0 Å². The summed E-state index contributed by atoms with van der Waals surface area (Å²) < 4.78 is 0. The summed E-state index contributed by atoms with van der Waals surface area (Å²) in [6.07, 6.45) is -2.60. The van der Waals surface area contributed by atoms with E-state index in [1.807, 2.05) is 0 Å². The van der Waals surface area contributed by atoms with Crippen LogP contribution in [0.5, 0.6) is 0 Å². The van der Waals surface area contributed by atoms with Gasteiger partial charge in [-0.2, -0.15) is 0 Å². The first-order valence-corrected chi connectivity index (χ1v) is 2.60. The third-order valence-corrected chi connectivity index (χ3v) is 0.900. The molecule has 7 nitrogen and oxygen atoms in total. The van der Waals surface area contributed by atoms with Crippen molar-refractivity contribution in [2.24, 2.45) is 0 Å². The number of hydrogen-bond acceptors (Lipinski definition) is 5.